The highest BCUT2D eigenvalue weighted by Crippen LogP contribution is 2.40. The molecule has 13 rings (SSSR count). The minimum atomic E-state index is -3.20. The van der Waals surface area contributed by atoms with Gasteiger partial charge in [-0.3, -0.25) is 0 Å². The molecule has 6 aliphatic heterocycles. The molecule has 11 heterocycles. The number of hydrogen-bond donors (Lipinski definition) is 6. The molecule has 3 atom stereocenters. The third-order valence-electron chi connectivity index (χ3n) is 16.8. The summed E-state index contributed by atoms with van der Waals surface area (Å²) in [6.07, 6.45) is 13.9. The van der Waals surface area contributed by atoms with Crippen molar-refractivity contribution in [3.8, 4) is 34.4 Å². The van der Waals surface area contributed by atoms with Crippen molar-refractivity contribution in [1.82, 2.24) is 54.3 Å². The van der Waals surface area contributed by atoms with Gasteiger partial charge in [0.15, 0.2) is 46.8 Å². The van der Waals surface area contributed by atoms with E-state index in [1.807, 2.05) is 52.6 Å². The van der Waals surface area contributed by atoms with Crippen LogP contribution < -0.4 is 45.1 Å². The fourth-order valence-electron chi connectivity index (χ4n) is 11.7. The first-order valence-corrected chi connectivity index (χ1v) is 36.9. The second-order valence-corrected chi connectivity index (χ2v) is 30.6. The molecule has 0 amide bonds. The Hall–Kier alpha value is -6.94. The molecule has 34 heteroatoms. The minimum absolute atomic E-state index is 0.00186. The van der Waals surface area contributed by atoms with E-state index in [2.05, 4.69) is 51.6 Å². The largest absolute Gasteiger partial charge is 0.496 e. The zero-order valence-corrected chi connectivity index (χ0v) is 57.6. The van der Waals surface area contributed by atoms with Crippen molar-refractivity contribution in [3.05, 3.63) is 110 Å². The standard InChI is InChI=1S/C24H30N6O4S.C12H16ClN3O3S.C12H15N3O3.C7H6Cl2N2O2S.C5H11NO/c1-15-9-18(10-21(34-3)16(15)2)29-11-22(25-14-29)27-24-26-20-6-8-35(32,33)13-19(20)23(28-24)30-7-4-5-17(30)12-31;13-12-14-10-3-5-20(18,19)7-9(10)11(15-12)16-4-1-2-8(16)6-17;1-16-9-4-8(15-6-11(13)14-7-15)5-10(17-2)12(9)18-3;8-6-4-3-14(12,13)2-1-5(4)10-7(9)11-6;7-4-5-2-1-3-6-5/h9-11,14,17,31H,4-8,12-13H2,1-3H3,(H,26,27,28);8,17H,1-7H2;4-7H,13H2,1-3H3;1-3H2;5-7H,1-4H2/t17-;8-;;;5-/m00..0/s1. The van der Waals surface area contributed by atoms with Crippen LogP contribution >= 0.6 is 34.8 Å². The number of aliphatic hydroxyl groups is 3. The lowest BCUT2D eigenvalue weighted by molar-refractivity contribution is 0.255. The van der Waals surface area contributed by atoms with Crippen molar-refractivity contribution >= 4 is 93.5 Å². The molecule has 3 saturated heterocycles. The second-order valence-electron chi connectivity index (χ2n) is 23.1. The summed E-state index contributed by atoms with van der Waals surface area (Å²) in [6.45, 7) is 6.96. The molecule has 3 fully saturated rings. The molecule has 7 N–H and O–H groups in total. The maximum absolute atomic E-state index is 12.4. The third-order valence-corrected chi connectivity index (χ3v) is 22.1. The minimum Gasteiger partial charge on any atom is -0.496 e. The first kappa shape index (κ1) is 71.4. The van der Waals surface area contributed by atoms with Crippen LogP contribution in [0.4, 0.5) is 29.2 Å². The van der Waals surface area contributed by atoms with Gasteiger partial charge in [-0.05, 0) is 99.3 Å². The molecule has 28 nitrogen and oxygen atoms in total. The number of methoxy groups -OCH3 is 4. The summed E-state index contributed by atoms with van der Waals surface area (Å²) < 4.78 is 96.1. The number of aryl methyl sites for hydroxylation is 4. The number of halogens is 3. The number of nitrogen functional groups attached to an aromatic ring is 1. The normalized spacial score (nSPS) is 19.4. The molecule has 5 aromatic heterocycles. The molecule has 0 aliphatic carbocycles. The Morgan fingerprint density at radius 3 is 1.60 bits per heavy atom. The van der Waals surface area contributed by atoms with E-state index in [0.29, 0.717) is 101 Å². The van der Waals surface area contributed by atoms with Crippen LogP contribution in [0.25, 0.3) is 11.4 Å². The van der Waals surface area contributed by atoms with Crippen molar-refractivity contribution in [2.75, 3.05) is 106 Å². The number of aromatic nitrogens is 10. The van der Waals surface area contributed by atoms with Crippen molar-refractivity contribution in [2.24, 2.45) is 0 Å². The molecule has 0 unspecified atom stereocenters. The molecule has 0 saturated carbocycles. The number of ether oxygens (including phenoxy) is 4. The number of hydrogen-bond acceptors (Lipinski definition) is 26. The summed E-state index contributed by atoms with van der Waals surface area (Å²) in [4.78, 5) is 37.9. The van der Waals surface area contributed by atoms with Crippen molar-refractivity contribution in [2.45, 2.75) is 107 Å². The lowest BCUT2D eigenvalue weighted by atomic mass is 10.1. The maximum Gasteiger partial charge on any atom is 0.230 e. The smallest absolute Gasteiger partial charge is 0.230 e. The van der Waals surface area contributed by atoms with E-state index in [1.165, 1.54) is 6.42 Å². The monoisotopic (exact) mass is 1420 g/mol. The molecule has 6 aliphatic rings. The highest BCUT2D eigenvalue weighted by Gasteiger charge is 2.35. The Labute approximate surface area is 561 Å². The molecular formula is C60H78Cl3N15O13S3. The van der Waals surface area contributed by atoms with Gasteiger partial charge in [0.25, 0.3) is 0 Å². The summed E-state index contributed by atoms with van der Waals surface area (Å²) in [7, 11) is -2.97. The van der Waals surface area contributed by atoms with E-state index >= 15 is 0 Å². The molecular weight excluding hydrogens is 1340 g/mol. The highest BCUT2D eigenvalue weighted by atomic mass is 35.5. The van der Waals surface area contributed by atoms with E-state index in [9.17, 15) is 35.5 Å². The van der Waals surface area contributed by atoms with Gasteiger partial charge >= 0.3 is 0 Å². The third kappa shape index (κ3) is 17.6. The van der Waals surface area contributed by atoms with Crippen LogP contribution in [-0.2, 0) is 66.0 Å². The Morgan fingerprint density at radius 1 is 0.596 bits per heavy atom. The van der Waals surface area contributed by atoms with E-state index in [-0.39, 0.29) is 75.5 Å². The van der Waals surface area contributed by atoms with Gasteiger partial charge in [-0.2, -0.15) is 4.98 Å². The van der Waals surface area contributed by atoms with Gasteiger partial charge in [0, 0.05) is 73.3 Å². The number of nitrogens with two attached hydrogens (primary N) is 1. The van der Waals surface area contributed by atoms with Crippen molar-refractivity contribution < 1.29 is 59.5 Å². The van der Waals surface area contributed by atoms with Crippen LogP contribution in [0, 0.1) is 13.8 Å². The number of rotatable bonds is 13. The predicted molar refractivity (Wildman–Crippen MR) is 358 cm³/mol. The average molecular weight is 1420 g/mol. The molecule has 2 aromatic carbocycles. The SMILES string of the molecule is COc1cc(-n2cnc(N)c2)cc(OC)c1OC.COc1cc(-n2cnc(Nc3nc4c(c(N5CCC[C@H]5CO)n3)CS(=O)(=O)CC4)c2)cc(C)c1C.O=S1(=O)CCc2nc(Cl)nc(Cl)c2C1.O=S1(=O)CCc2nc(Cl)nc(N3CCC[C@H]3CO)c2C1.OC[C@@H]1CCCN1. The van der Waals surface area contributed by atoms with Crippen LogP contribution in [0.15, 0.2) is 49.3 Å². The van der Waals surface area contributed by atoms with Gasteiger partial charge in [-0.1, -0.05) is 11.6 Å². The lowest BCUT2D eigenvalue weighted by Crippen LogP contribution is -2.35. The lowest BCUT2D eigenvalue weighted by Gasteiger charge is -2.29. The average Bonchev–Trinajstić information content (AvgIpc) is 1.25. The number of benzene rings is 2. The molecule has 0 bridgehead atoms. The van der Waals surface area contributed by atoms with Crippen LogP contribution in [0.2, 0.25) is 15.7 Å². The van der Waals surface area contributed by atoms with E-state index in [4.69, 9.17) is 69.6 Å². The van der Waals surface area contributed by atoms with E-state index in [1.54, 1.807) is 51.9 Å². The zero-order valence-electron chi connectivity index (χ0n) is 52.9. The van der Waals surface area contributed by atoms with Gasteiger partial charge < -0.3 is 69.6 Å². The summed E-state index contributed by atoms with van der Waals surface area (Å²) in [5.74, 6) is 5.17. The Morgan fingerprint density at radius 2 is 1.10 bits per heavy atom. The number of nitrogens with one attached hydrogen (secondary N) is 2. The van der Waals surface area contributed by atoms with E-state index in [0.717, 1.165) is 91.4 Å². The number of aliphatic hydroxyl groups excluding tert-OH is 3. The number of nitrogens with zero attached hydrogens (tertiary/aromatic N) is 12. The van der Waals surface area contributed by atoms with Crippen LogP contribution in [0.1, 0.15) is 83.4 Å². The van der Waals surface area contributed by atoms with Crippen molar-refractivity contribution in [1.29, 1.82) is 0 Å². The molecule has 94 heavy (non-hydrogen) atoms. The predicted octanol–water partition coefficient (Wildman–Crippen LogP) is 5.49. The number of fused-ring (bicyclic) bond motifs is 3. The fourth-order valence-corrected chi connectivity index (χ4v) is 16.6. The summed E-state index contributed by atoms with van der Waals surface area (Å²) >= 11 is 17.3. The fraction of sp³-hybridized carbons (Fsp3) is 0.500. The van der Waals surface area contributed by atoms with Gasteiger partial charge in [0.05, 0.1) is 136 Å². The number of sulfone groups is 3. The second kappa shape index (κ2) is 31.3. The maximum atomic E-state index is 12.4. The Balaban J connectivity index is 0.000000151. The van der Waals surface area contributed by atoms with Crippen LogP contribution in [-0.4, -0.2) is 193 Å². The Bertz CT molecular complexity index is 4160. The highest BCUT2D eigenvalue weighted by molar-refractivity contribution is 7.91. The van der Waals surface area contributed by atoms with Crippen LogP contribution in [0.5, 0.6) is 23.0 Å². The van der Waals surface area contributed by atoms with Gasteiger partial charge in [0.2, 0.25) is 22.3 Å². The summed E-state index contributed by atoms with van der Waals surface area (Å²) in [5.41, 5.74) is 13.4. The topological polar surface area (TPSA) is 370 Å². The van der Waals surface area contributed by atoms with Crippen molar-refractivity contribution in [3.63, 3.8) is 0 Å². The first-order valence-electron chi connectivity index (χ1n) is 30.3. The number of imidazole rings is 2. The zero-order chi connectivity index (χ0) is 67.6. The molecule has 0 radical (unpaired) electrons. The van der Waals surface area contributed by atoms with E-state index < -0.39 is 29.5 Å². The Kier molecular flexibility index (Phi) is 23.8. The summed E-state index contributed by atoms with van der Waals surface area (Å²) in [6, 6.07) is 7.98. The number of anilines is 5. The quantitative estimate of drug-likeness (QED) is 0.0614. The van der Waals surface area contributed by atoms with Gasteiger partial charge in [-0.25, -0.2) is 60.1 Å². The molecule has 0 spiro atoms. The summed E-state index contributed by atoms with van der Waals surface area (Å²) in [5, 5.41) is 34.5. The van der Waals surface area contributed by atoms with Crippen LogP contribution in [0.3, 0.4) is 0 Å². The molecule has 7 aromatic rings. The first-order chi connectivity index (χ1) is 44.9. The van der Waals surface area contributed by atoms with Gasteiger partial charge in [-0.15, -0.1) is 0 Å². The van der Waals surface area contributed by atoms with Gasteiger partial charge in [0.1, 0.15) is 41.0 Å². The molecule has 510 valence electrons.